The van der Waals surface area contributed by atoms with Gasteiger partial charge in [-0.25, -0.2) is 0 Å². The van der Waals surface area contributed by atoms with Crippen LogP contribution in [0.4, 0.5) is 0 Å². The van der Waals surface area contributed by atoms with Crippen LogP contribution in [-0.4, -0.2) is 4.98 Å². The average Bonchev–Trinajstić information content (AvgIpc) is 3.39. The number of benzene rings is 2. The van der Waals surface area contributed by atoms with Crippen LogP contribution >= 0.6 is 0 Å². The molecular formula is C26H31N. The van der Waals surface area contributed by atoms with Crippen molar-refractivity contribution in [1.82, 2.24) is 4.98 Å². The molecule has 3 aromatic rings. The van der Waals surface area contributed by atoms with E-state index < -0.39 is 0 Å². The molecule has 1 aromatic heterocycles. The summed E-state index contributed by atoms with van der Waals surface area (Å²) in [7, 11) is 0. The zero-order chi connectivity index (χ0) is 19.4. The highest BCUT2D eigenvalue weighted by Crippen LogP contribution is 2.60. The van der Waals surface area contributed by atoms with Gasteiger partial charge in [0.1, 0.15) is 0 Å². The molecule has 1 heterocycles. The van der Waals surface area contributed by atoms with Gasteiger partial charge in [0.2, 0.25) is 0 Å². The lowest BCUT2D eigenvalue weighted by molar-refractivity contribution is 0.623. The zero-order valence-electron chi connectivity index (χ0n) is 17.6. The Balaban J connectivity index is 0.000000872. The zero-order valence-corrected chi connectivity index (χ0v) is 17.6. The Morgan fingerprint density at radius 3 is 2.30 bits per heavy atom. The molecule has 27 heavy (non-hydrogen) atoms. The van der Waals surface area contributed by atoms with Gasteiger partial charge in [0, 0.05) is 22.6 Å². The molecule has 1 saturated carbocycles. The Morgan fingerprint density at radius 2 is 1.59 bits per heavy atom. The molecule has 2 unspecified atom stereocenters. The molecule has 0 bridgehead atoms. The fourth-order valence-corrected chi connectivity index (χ4v) is 5.27. The summed E-state index contributed by atoms with van der Waals surface area (Å²) in [6.45, 7) is 13.5. The van der Waals surface area contributed by atoms with Crippen molar-refractivity contribution in [3.05, 3.63) is 65.4 Å². The van der Waals surface area contributed by atoms with Crippen molar-refractivity contribution in [2.45, 2.75) is 65.2 Å². The first-order chi connectivity index (χ1) is 13.0. The Kier molecular flexibility index (Phi) is 4.18. The lowest BCUT2D eigenvalue weighted by Crippen LogP contribution is -2.25. The van der Waals surface area contributed by atoms with Crippen molar-refractivity contribution in [3.63, 3.8) is 0 Å². The molecule has 0 saturated heterocycles. The van der Waals surface area contributed by atoms with Gasteiger partial charge in [-0.2, -0.15) is 0 Å². The second-order valence-corrected chi connectivity index (χ2v) is 8.64. The van der Waals surface area contributed by atoms with E-state index in [1.54, 1.807) is 0 Å². The van der Waals surface area contributed by atoms with Crippen molar-refractivity contribution >= 4 is 10.8 Å². The van der Waals surface area contributed by atoms with Gasteiger partial charge in [0.25, 0.3) is 0 Å². The summed E-state index contributed by atoms with van der Waals surface area (Å²) in [5, 5.41) is 2.66. The SMILES string of the molecule is CC.CCC1CC1(C)c1cccc2c1-c1nccc3cccc(c13)C2(C)C. The predicted octanol–water partition coefficient (Wildman–Crippen LogP) is 7.25. The molecule has 2 aromatic carbocycles. The fraction of sp³-hybridized carbons (Fsp3) is 0.423. The first kappa shape index (κ1) is 18.2. The van der Waals surface area contributed by atoms with Gasteiger partial charge in [0.15, 0.2) is 0 Å². The first-order valence-electron chi connectivity index (χ1n) is 10.5. The molecule has 0 N–H and O–H groups in total. The number of hydrogen-bond acceptors (Lipinski definition) is 1. The molecule has 2 aliphatic rings. The van der Waals surface area contributed by atoms with E-state index in [2.05, 4.69) is 70.2 Å². The summed E-state index contributed by atoms with van der Waals surface area (Å²) in [4.78, 5) is 4.90. The summed E-state index contributed by atoms with van der Waals surface area (Å²) in [6, 6.07) is 15.8. The second kappa shape index (κ2) is 6.19. The smallest absolute Gasteiger partial charge is 0.0789 e. The second-order valence-electron chi connectivity index (χ2n) is 8.64. The van der Waals surface area contributed by atoms with Gasteiger partial charge in [0.05, 0.1) is 5.69 Å². The number of pyridine rings is 1. The Labute approximate surface area is 163 Å². The third-order valence-corrected chi connectivity index (χ3v) is 6.96. The summed E-state index contributed by atoms with van der Waals surface area (Å²) < 4.78 is 0. The van der Waals surface area contributed by atoms with E-state index in [9.17, 15) is 0 Å². The Hall–Kier alpha value is -2.15. The quantitative estimate of drug-likeness (QED) is 0.470. The molecule has 0 aliphatic heterocycles. The molecule has 5 rings (SSSR count). The summed E-state index contributed by atoms with van der Waals surface area (Å²) in [6.07, 6.45) is 4.54. The van der Waals surface area contributed by atoms with Crippen LogP contribution in [-0.2, 0) is 10.8 Å². The molecular weight excluding hydrogens is 326 g/mol. The van der Waals surface area contributed by atoms with Crippen LogP contribution < -0.4 is 0 Å². The summed E-state index contributed by atoms with van der Waals surface area (Å²) in [5.41, 5.74) is 7.29. The monoisotopic (exact) mass is 357 g/mol. The Morgan fingerprint density at radius 1 is 0.926 bits per heavy atom. The van der Waals surface area contributed by atoms with E-state index in [1.165, 1.54) is 51.6 Å². The van der Waals surface area contributed by atoms with Gasteiger partial charge in [-0.05, 0) is 45.9 Å². The Bertz CT molecular complexity index is 1010. The maximum atomic E-state index is 4.90. The van der Waals surface area contributed by atoms with Crippen molar-refractivity contribution in [1.29, 1.82) is 0 Å². The molecule has 2 aliphatic carbocycles. The average molecular weight is 358 g/mol. The minimum atomic E-state index is 0.00779. The molecule has 2 atom stereocenters. The van der Waals surface area contributed by atoms with Crippen molar-refractivity contribution in [2.24, 2.45) is 5.92 Å². The molecule has 1 nitrogen and oxygen atoms in total. The normalized spacial score (nSPS) is 24.0. The fourth-order valence-electron chi connectivity index (χ4n) is 5.27. The lowest BCUT2D eigenvalue weighted by Gasteiger charge is -2.36. The van der Waals surface area contributed by atoms with Crippen LogP contribution in [0.25, 0.3) is 22.0 Å². The van der Waals surface area contributed by atoms with Crippen molar-refractivity contribution in [2.75, 3.05) is 0 Å². The van der Waals surface area contributed by atoms with E-state index in [1.807, 2.05) is 20.0 Å². The maximum absolute atomic E-state index is 4.90. The van der Waals surface area contributed by atoms with E-state index in [4.69, 9.17) is 4.98 Å². The number of rotatable bonds is 2. The minimum absolute atomic E-state index is 0.00779. The van der Waals surface area contributed by atoms with Crippen LogP contribution in [0.2, 0.25) is 0 Å². The van der Waals surface area contributed by atoms with E-state index in [0.29, 0.717) is 5.41 Å². The van der Waals surface area contributed by atoms with Crippen molar-refractivity contribution in [3.8, 4) is 11.3 Å². The number of hydrogen-bond donors (Lipinski definition) is 0. The number of fused-ring (bicyclic) bond motifs is 2. The van der Waals surface area contributed by atoms with Gasteiger partial charge >= 0.3 is 0 Å². The molecule has 140 valence electrons. The minimum Gasteiger partial charge on any atom is -0.256 e. The summed E-state index contributed by atoms with van der Waals surface area (Å²) in [5.74, 6) is 0.804. The van der Waals surface area contributed by atoms with Crippen LogP contribution in [0.15, 0.2) is 48.7 Å². The largest absolute Gasteiger partial charge is 0.256 e. The van der Waals surface area contributed by atoms with E-state index >= 15 is 0 Å². The van der Waals surface area contributed by atoms with Gasteiger partial charge in [-0.3, -0.25) is 4.98 Å². The molecule has 1 fully saturated rings. The highest BCUT2D eigenvalue weighted by Gasteiger charge is 2.52. The van der Waals surface area contributed by atoms with Gasteiger partial charge in [-0.15, -0.1) is 0 Å². The predicted molar refractivity (Wildman–Crippen MR) is 116 cm³/mol. The third kappa shape index (κ3) is 2.40. The maximum Gasteiger partial charge on any atom is 0.0789 e. The number of nitrogens with zero attached hydrogens (tertiary/aromatic N) is 1. The van der Waals surface area contributed by atoms with E-state index in [0.717, 1.165) is 5.92 Å². The van der Waals surface area contributed by atoms with Gasteiger partial charge < -0.3 is 0 Å². The van der Waals surface area contributed by atoms with Crippen LogP contribution in [0.1, 0.15) is 71.1 Å². The van der Waals surface area contributed by atoms with E-state index in [-0.39, 0.29) is 5.41 Å². The van der Waals surface area contributed by atoms with Crippen LogP contribution in [0.5, 0.6) is 0 Å². The molecule has 0 radical (unpaired) electrons. The third-order valence-electron chi connectivity index (χ3n) is 6.96. The standard InChI is InChI=1S/C24H25N.C2H6/c1-5-16-14-24(16,4)19-11-7-10-18-21(19)22-20-15(12-13-25-22)8-6-9-17(20)23(18,2)3;1-2/h6-13,16H,5,14H2,1-4H3;1-2H3. The molecule has 0 amide bonds. The van der Waals surface area contributed by atoms with Gasteiger partial charge in [-0.1, -0.05) is 84.4 Å². The highest BCUT2D eigenvalue weighted by atomic mass is 14.7. The summed E-state index contributed by atoms with van der Waals surface area (Å²) >= 11 is 0. The molecule has 0 spiro atoms. The number of aromatic nitrogens is 1. The van der Waals surface area contributed by atoms with Crippen LogP contribution in [0.3, 0.4) is 0 Å². The highest BCUT2D eigenvalue weighted by molar-refractivity contribution is 6.02. The first-order valence-corrected chi connectivity index (χ1v) is 10.5. The van der Waals surface area contributed by atoms with Crippen molar-refractivity contribution < 1.29 is 0 Å². The van der Waals surface area contributed by atoms with Crippen LogP contribution in [0, 0.1) is 5.92 Å². The lowest BCUT2D eigenvalue weighted by atomic mass is 9.67. The molecule has 1 heteroatoms. The topological polar surface area (TPSA) is 12.9 Å².